The summed E-state index contributed by atoms with van der Waals surface area (Å²) in [6, 6.07) is 18.8. The van der Waals surface area contributed by atoms with Gasteiger partial charge in [0.2, 0.25) is 5.95 Å². The molecule has 0 atom stereocenters. The molecule has 0 aliphatic rings. The molecule has 9 heteroatoms. The number of benzene rings is 2. The van der Waals surface area contributed by atoms with Gasteiger partial charge in [0.1, 0.15) is 23.1 Å². The van der Waals surface area contributed by atoms with Crippen LogP contribution in [0.25, 0.3) is 11.3 Å². The van der Waals surface area contributed by atoms with Crippen molar-refractivity contribution in [3.63, 3.8) is 0 Å². The van der Waals surface area contributed by atoms with E-state index in [4.69, 9.17) is 0 Å². The topological polar surface area (TPSA) is 139 Å². The van der Waals surface area contributed by atoms with Crippen molar-refractivity contribution in [3.05, 3.63) is 89.0 Å². The maximum absolute atomic E-state index is 12.4. The molecule has 0 radical (unpaired) electrons. The van der Waals surface area contributed by atoms with Crippen LogP contribution in [0.1, 0.15) is 5.56 Å². The van der Waals surface area contributed by atoms with Gasteiger partial charge in [-0.25, -0.2) is 4.98 Å². The second-order valence-electron chi connectivity index (χ2n) is 6.35. The van der Waals surface area contributed by atoms with E-state index in [2.05, 4.69) is 30.5 Å². The van der Waals surface area contributed by atoms with Gasteiger partial charge in [0, 0.05) is 23.6 Å². The number of azo groups is 1. The van der Waals surface area contributed by atoms with Crippen LogP contribution in [0.3, 0.4) is 0 Å². The Balaban J connectivity index is 1.67. The maximum atomic E-state index is 12.4. The first-order chi connectivity index (χ1) is 15.1. The molecule has 0 aliphatic carbocycles. The summed E-state index contributed by atoms with van der Waals surface area (Å²) in [6.45, 7) is 0. The Morgan fingerprint density at radius 1 is 1.03 bits per heavy atom. The highest BCUT2D eigenvalue weighted by atomic mass is 16.3. The molecule has 0 amide bonds. The second kappa shape index (κ2) is 8.67. The summed E-state index contributed by atoms with van der Waals surface area (Å²) in [5.41, 5.74) is 1.59. The summed E-state index contributed by atoms with van der Waals surface area (Å²) >= 11 is 0. The number of hydrogen-bond acceptors (Lipinski definition) is 8. The predicted molar refractivity (Wildman–Crippen MR) is 115 cm³/mol. The van der Waals surface area contributed by atoms with Gasteiger partial charge in [-0.15, -0.1) is 5.11 Å². The fraction of sp³-hybridized carbons (Fsp3) is 0. The average molecular weight is 409 g/mol. The number of rotatable bonds is 5. The molecule has 4 rings (SSSR count). The fourth-order valence-electron chi connectivity index (χ4n) is 2.78. The van der Waals surface area contributed by atoms with Gasteiger partial charge >= 0.3 is 0 Å². The van der Waals surface area contributed by atoms with E-state index in [-0.39, 0.29) is 28.6 Å². The zero-order chi connectivity index (χ0) is 21.6. The third-order valence-corrected chi connectivity index (χ3v) is 4.25. The first kappa shape index (κ1) is 19.5. The lowest BCUT2D eigenvalue weighted by Gasteiger charge is -2.09. The van der Waals surface area contributed by atoms with E-state index < -0.39 is 5.56 Å². The Labute approximate surface area is 176 Å². The van der Waals surface area contributed by atoms with Crippen molar-refractivity contribution in [1.82, 2.24) is 15.0 Å². The van der Waals surface area contributed by atoms with E-state index >= 15 is 0 Å². The molecule has 2 heterocycles. The first-order valence-corrected chi connectivity index (χ1v) is 9.15. The molecule has 0 saturated heterocycles. The zero-order valence-corrected chi connectivity index (χ0v) is 16.0. The largest absolute Gasteiger partial charge is 0.506 e. The van der Waals surface area contributed by atoms with E-state index in [0.717, 1.165) is 0 Å². The van der Waals surface area contributed by atoms with Crippen molar-refractivity contribution in [2.75, 3.05) is 5.32 Å². The van der Waals surface area contributed by atoms with Crippen molar-refractivity contribution >= 4 is 23.0 Å². The highest BCUT2D eigenvalue weighted by Gasteiger charge is 2.13. The fourth-order valence-corrected chi connectivity index (χ4v) is 2.78. The van der Waals surface area contributed by atoms with Crippen LogP contribution in [0.5, 0.6) is 5.75 Å². The quantitative estimate of drug-likeness (QED) is 0.326. The number of aromatic nitrogens is 3. The number of nitriles is 1. The normalized spacial score (nSPS) is 10.7. The monoisotopic (exact) mass is 409 g/mol. The smallest absolute Gasteiger partial charge is 0.270 e. The van der Waals surface area contributed by atoms with Gasteiger partial charge in [0.15, 0.2) is 0 Å². The molecular weight excluding hydrogens is 394 g/mol. The summed E-state index contributed by atoms with van der Waals surface area (Å²) in [5.74, 6) is 0.0835. The van der Waals surface area contributed by atoms with Crippen LogP contribution in [0, 0.1) is 11.3 Å². The van der Waals surface area contributed by atoms with Gasteiger partial charge < -0.3 is 10.4 Å². The lowest BCUT2D eigenvalue weighted by molar-refractivity contribution is 0.476. The molecule has 2 aromatic heterocycles. The summed E-state index contributed by atoms with van der Waals surface area (Å²) in [5, 5.41) is 30.6. The molecule has 31 heavy (non-hydrogen) atoms. The minimum atomic E-state index is -0.560. The van der Waals surface area contributed by atoms with Gasteiger partial charge in [-0.05, 0) is 30.3 Å². The lowest BCUT2D eigenvalue weighted by Crippen LogP contribution is -2.16. The van der Waals surface area contributed by atoms with Crippen LogP contribution in [0.15, 0.2) is 88.1 Å². The summed E-state index contributed by atoms with van der Waals surface area (Å²) in [7, 11) is 0. The Hall–Kier alpha value is -4.84. The van der Waals surface area contributed by atoms with Gasteiger partial charge in [-0.3, -0.25) is 14.8 Å². The van der Waals surface area contributed by atoms with E-state index in [1.165, 1.54) is 6.07 Å². The van der Waals surface area contributed by atoms with Gasteiger partial charge in [-0.2, -0.15) is 10.4 Å². The molecule has 4 aromatic rings. The Kier molecular flexibility index (Phi) is 5.45. The van der Waals surface area contributed by atoms with Crippen LogP contribution in [-0.2, 0) is 0 Å². The Morgan fingerprint density at radius 3 is 2.55 bits per heavy atom. The highest BCUT2D eigenvalue weighted by molar-refractivity contribution is 5.69. The molecule has 3 N–H and O–H groups in total. The maximum Gasteiger partial charge on any atom is 0.270 e. The number of nitrogens with zero attached hydrogens (tertiary/aromatic N) is 5. The summed E-state index contributed by atoms with van der Waals surface area (Å²) in [4.78, 5) is 23.3. The van der Waals surface area contributed by atoms with Crippen molar-refractivity contribution in [2.24, 2.45) is 10.2 Å². The molecule has 0 aliphatic heterocycles. The second-order valence-corrected chi connectivity index (χ2v) is 6.35. The van der Waals surface area contributed by atoms with Gasteiger partial charge in [-0.1, -0.05) is 30.3 Å². The molecule has 0 spiro atoms. The average Bonchev–Trinajstić information content (AvgIpc) is 2.80. The number of phenolic OH excluding ortho intramolecular Hbond substituents is 1. The van der Waals surface area contributed by atoms with E-state index in [1.807, 2.05) is 12.1 Å². The summed E-state index contributed by atoms with van der Waals surface area (Å²) in [6.07, 6.45) is 3.17. The highest BCUT2D eigenvalue weighted by Crippen LogP contribution is 2.32. The molecule has 9 nitrogen and oxygen atoms in total. The van der Waals surface area contributed by atoms with E-state index in [0.29, 0.717) is 16.9 Å². The van der Waals surface area contributed by atoms with Crippen LogP contribution >= 0.6 is 0 Å². The SMILES string of the molecule is N#Cc1c(-c2ccccc2)nc(Nc2ccc(O)c(N=Nc3ccncc3)c2)[nH]c1=O. The van der Waals surface area contributed by atoms with Crippen LogP contribution in [0.2, 0.25) is 0 Å². The Morgan fingerprint density at radius 2 is 1.81 bits per heavy atom. The number of phenols is 1. The number of pyridine rings is 1. The molecule has 0 saturated carbocycles. The summed E-state index contributed by atoms with van der Waals surface area (Å²) < 4.78 is 0. The number of aromatic amines is 1. The zero-order valence-electron chi connectivity index (χ0n) is 16.0. The Bertz CT molecular complexity index is 1340. The number of H-pyrrole nitrogens is 1. The van der Waals surface area contributed by atoms with Crippen molar-refractivity contribution in [3.8, 4) is 23.1 Å². The number of anilines is 2. The molecule has 0 bridgehead atoms. The first-order valence-electron chi connectivity index (χ1n) is 9.15. The van der Waals surface area contributed by atoms with Crippen LogP contribution in [-0.4, -0.2) is 20.1 Å². The van der Waals surface area contributed by atoms with Crippen LogP contribution < -0.4 is 10.9 Å². The molecule has 0 fully saturated rings. The minimum absolute atomic E-state index is 0.0605. The van der Waals surface area contributed by atoms with Crippen molar-refractivity contribution in [1.29, 1.82) is 5.26 Å². The number of hydrogen-bond donors (Lipinski definition) is 3. The molecule has 0 unspecified atom stereocenters. The van der Waals surface area contributed by atoms with Gasteiger partial charge in [0.25, 0.3) is 5.56 Å². The van der Waals surface area contributed by atoms with E-state index in [9.17, 15) is 15.2 Å². The molecule has 2 aromatic carbocycles. The third kappa shape index (κ3) is 4.44. The van der Waals surface area contributed by atoms with Crippen molar-refractivity contribution < 1.29 is 5.11 Å². The van der Waals surface area contributed by atoms with Gasteiger partial charge in [0.05, 0.1) is 11.4 Å². The van der Waals surface area contributed by atoms with E-state index in [1.54, 1.807) is 60.9 Å². The number of nitrogens with one attached hydrogen (secondary N) is 2. The third-order valence-electron chi connectivity index (χ3n) is 4.25. The molecule has 150 valence electrons. The lowest BCUT2D eigenvalue weighted by atomic mass is 10.1. The standard InChI is InChI=1S/C22H15N7O2/c23-13-17-20(14-4-2-1-3-5-14)26-22(27-21(17)31)25-16-6-7-19(30)18(12-16)29-28-15-8-10-24-11-9-15/h1-12,30H,(H2,25,26,27,31). The van der Waals surface area contributed by atoms with Crippen LogP contribution in [0.4, 0.5) is 23.0 Å². The number of aromatic hydroxyl groups is 1. The minimum Gasteiger partial charge on any atom is -0.506 e. The predicted octanol–water partition coefficient (Wildman–Crippen LogP) is 4.57. The molecular formula is C22H15N7O2. The van der Waals surface area contributed by atoms with Crippen molar-refractivity contribution in [2.45, 2.75) is 0 Å².